The van der Waals surface area contributed by atoms with E-state index in [1.54, 1.807) is 6.20 Å². The van der Waals surface area contributed by atoms with Gasteiger partial charge in [0.1, 0.15) is 0 Å². The molecule has 4 rings (SSSR count). The molecule has 2 aromatic carbocycles. The van der Waals surface area contributed by atoms with Crippen LogP contribution in [-0.4, -0.2) is 28.8 Å². The number of nitrogens with one attached hydrogen (secondary N) is 2. The van der Waals surface area contributed by atoms with E-state index in [4.69, 9.17) is 0 Å². The molecular formula is C24H29ClN4O. The van der Waals surface area contributed by atoms with Crippen LogP contribution in [0, 0.1) is 20.8 Å². The first-order chi connectivity index (χ1) is 14.0. The summed E-state index contributed by atoms with van der Waals surface area (Å²) < 4.78 is 1.95. The monoisotopic (exact) mass is 424 g/mol. The summed E-state index contributed by atoms with van der Waals surface area (Å²) in [5, 5.41) is 11.1. The number of amides is 1. The van der Waals surface area contributed by atoms with E-state index in [1.165, 1.54) is 11.1 Å². The predicted octanol–water partition coefficient (Wildman–Crippen LogP) is 4.94. The van der Waals surface area contributed by atoms with Crippen molar-refractivity contribution in [3.05, 3.63) is 76.6 Å². The summed E-state index contributed by atoms with van der Waals surface area (Å²) in [6, 6.07) is 14.3. The first-order valence-corrected chi connectivity index (χ1v) is 10.3. The average Bonchev–Trinajstić information content (AvgIpc) is 3.17. The second kappa shape index (κ2) is 9.45. The van der Waals surface area contributed by atoms with Gasteiger partial charge in [-0.2, -0.15) is 5.10 Å². The number of piperidine rings is 1. The van der Waals surface area contributed by atoms with Gasteiger partial charge in [0.15, 0.2) is 0 Å². The molecule has 0 bridgehead atoms. The Morgan fingerprint density at radius 1 is 1.03 bits per heavy atom. The van der Waals surface area contributed by atoms with Crippen LogP contribution >= 0.6 is 12.4 Å². The summed E-state index contributed by atoms with van der Waals surface area (Å²) in [4.78, 5) is 13.2. The lowest BCUT2D eigenvalue weighted by molar-refractivity contribution is 0.102. The molecule has 3 aromatic rings. The van der Waals surface area contributed by atoms with Gasteiger partial charge in [0.2, 0.25) is 0 Å². The van der Waals surface area contributed by atoms with Crippen molar-refractivity contribution < 1.29 is 4.79 Å². The molecule has 6 heteroatoms. The lowest BCUT2D eigenvalue weighted by Gasteiger charge is -2.24. The Hall–Kier alpha value is -2.63. The van der Waals surface area contributed by atoms with E-state index in [0.717, 1.165) is 48.6 Å². The largest absolute Gasteiger partial charge is 0.322 e. The highest BCUT2D eigenvalue weighted by atomic mass is 35.5. The van der Waals surface area contributed by atoms with Gasteiger partial charge < -0.3 is 10.6 Å². The molecule has 0 aliphatic carbocycles. The van der Waals surface area contributed by atoms with E-state index in [0.29, 0.717) is 11.5 Å². The Morgan fingerprint density at radius 2 is 1.73 bits per heavy atom. The number of rotatable bonds is 4. The molecule has 1 amide bonds. The average molecular weight is 425 g/mol. The number of nitrogens with zero attached hydrogens (tertiary/aromatic N) is 2. The third-order valence-corrected chi connectivity index (χ3v) is 5.82. The fourth-order valence-corrected chi connectivity index (χ4v) is 3.93. The summed E-state index contributed by atoms with van der Waals surface area (Å²) >= 11 is 0. The van der Waals surface area contributed by atoms with E-state index in [1.807, 2.05) is 22.9 Å². The fraction of sp³-hybridized carbons (Fsp3) is 0.333. The predicted molar refractivity (Wildman–Crippen MR) is 124 cm³/mol. The maximum atomic E-state index is 13.2. The zero-order valence-corrected chi connectivity index (χ0v) is 18.6. The SMILES string of the molecule is Cc1ccc(-n2ncc(C(=O)Nc3ccc(C)c(C)c3)c2C2CCNCC2)cc1.Cl. The van der Waals surface area contributed by atoms with Crippen molar-refractivity contribution in [2.45, 2.75) is 39.5 Å². The molecule has 1 aliphatic heterocycles. The summed E-state index contributed by atoms with van der Waals surface area (Å²) in [7, 11) is 0. The normalized spacial score (nSPS) is 14.2. The standard InChI is InChI=1S/C24H28N4O.ClH/c1-16-4-8-21(9-5-16)28-23(19-10-12-25-13-11-19)22(15-26-28)24(29)27-20-7-6-17(2)18(3)14-20;/h4-9,14-15,19,25H,10-13H2,1-3H3,(H,27,29);1H. The third-order valence-electron chi connectivity index (χ3n) is 5.82. The molecule has 1 aromatic heterocycles. The van der Waals surface area contributed by atoms with Crippen LogP contribution < -0.4 is 10.6 Å². The van der Waals surface area contributed by atoms with E-state index < -0.39 is 0 Å². The van der Waals surface area contributed by atoms with Crippen LogP contribution in [0.25, 0.3) is 5.69 Å². The Balaban J connectivity index is 0.00000256. The van der Waals surface area contributed by atoms with Gasteiger partial charge in [0.05, 0.1) is 23.1 Å². The van der Waals surface area contributed by atoms with Gasteiger partial charge in [0, 0.05) is 11.6 Å². The summed E-state index contributed by atoms with van der Waals surface area (Å²) in [5.41, 5.74) is 7.07. The molecular weight excluding hydrogens is 396 g/mol. The van der Waals surface area contributed by atoms with Crippen LogP contribution in [0.2, 0.25) is 0 Å². The minimum Gasteiger partial charge on any atom is -0.322 e. The van der Waals surface area contributed by atoms with Crippen LogP contribution in [0.15, 0.2) is 48.7 Å². The molecule has 0 unspecified atom stereocenters. The number of aryl methyl sites for hydroxylation is 3. The number of aromatic nitrogens is 2. The van der Waals surface area contributed by atoms with E-state index in [-0.39, 0.29) is 18.3 Å². The van der Waals surface area contributed by atoms with E-state index in [9.17, 15) is 4.79 Å². The van der Waals surface area contributed by atoms with Gasteiger partial charge in [-0.15, -0.1) is 12.4 Å². The van der Waals surface area contributed by atoms with Gasteiger partial charge >= 0.3 is 0 Å². The van der Waals surface area contributed by atoms with Gasteiger partial charge in [-0.05, 0) is 82.1 Å². The molecule has 0 spiro atoms. The summed E-state index contributed by atoms with van der Waals surface area (Å²) in [5.74, 6) is 0.209. The number of benzene rings is 2. The molecule has 158 valence electrons. The summed E-state index contributed by atoms with van der Waals surface area (Å²) in [6.45, 7) is 8.12. The Labute approximate surface area is 184 Å². The molecule has 1 saturated heterocycles. The second-order valence-electron chi connectivity index (χ2n) is 7.97. The molecule has 30 heavy (non-hydrogen) atoms. The van der Waals surface area contributed by atoms with Crippen LogP contribution in [-0.2, 0) is 0 Å². The number of carbonyl (C=O) groups is 1. The highest BCUT2D eigenvalue weighted by molar-refractivity contribution is 6.05. The molecule has 1 aliphatic rings. The first-order valence-electron chi connectivity index (χ1n) is 10.3. The zero-order chi connectivity index (χ0) is 20.4. The van der Waals surface area contributed by atoms with Gasteiger partial charge in [-0.1, -0.05) is 23.8 Å². The highest BCUT2D eigenvalue weighted by Crippen LogP contribution is 2.31. The molecule has 2 N–H and O–H groups in total. The van der Waals surface area contributed by atoms with E-state index in [2.05, 4.69) is 60.8 Å². The number of carbonyl (C=O) groups excluding carboxylic acids is 1. The fourth-order valence-electron chi connectivity index (χ4n) is 3.93. The van der Waals surface area contributed by atoms with Crippen molar-refractivity contribution in [2.24, 2.45) is 0 Å². The Kier molecular flexibility index (Phi) is 6.95. The molecule has 1 fully saturated rings. The molecule has 0 atom stereocenters. The number of halogens is 1. The van der Waals surface area contributed by atoms with Crippen LogP contribution in [0.5, 0.6) is 0 Å². The van der Waals surface area contributed by atoms with Crippen molar-refractivity contribution >= 4 is 24.0 Å². The Bertz CT molecular complexity index is 1020. The Morgan fingerprint density at radius 3 is 2.40 bits per heavy atom. The first kappa shape index (κ1) is 22.1. The van der Waals surface area contributed by atoms with Gasteiger partial charge in [-0.3, -0.25) is 4.79 Å². The quantitative estimate of drug-likeness (QED) is 0.623. The maximum absolute atomic E-state index is 13.2. The van der Waals surface area contributed by atoms with Crippen molar-refractivity contribution in [2.75, 3.05) is 18.4 Å². The van der Waals surface area contributed by atoms with Crippen LogP contribution in [0.3, 0.4) is 0 Å². The number of anilines is 1. The minimum atomic E-state index is -0.0971. The molecule has 0 radical (unpaired) electrons. The molecule has 5 nitrogen and oxygen atoms in total. The molecule has 2 heterocycles. The van der Waals surface area contributed by atoms with Crippen LogP contribution in [0.4, 0.5) is 5.69 Å². The molecule has 0 saturated carbocycles. The van der Waals surface area contributed by atoms with Crippen molar-refractivity contribution in [3.63, 3.8) is 0 Å². The maximum Gasteiger partial charge on any atom is 0.259 e. The number of hydrogen-bond acceptors (Lipinski definition) is 3. The minimum absolute atomic E-state index is 0. The third kappa shape index (κ3) is 4.58. The van der Waals surface area contributed by atoms with Crippen molar-refractivity contribution in [3.8, 4) is 5.69 Å². The lowest BCUT2D eigenvalue weighted by Crippen LogP contribution is -2.29. The second-order valence-corrected chi connectivity index (χ2v) is 7.97. The van der Waals surface area contributed by atoms with Crippen molar-refractivity contribution in [1.82, 2.24) is 15.1 Å². The van der Waals surface area contributed by atoms with Gasteiger partial charge in [0.25, 0.3) is 5.91 Å². The lowest BCUT2D eigenvalue weighted by atomic mass is 9.91. The van der Waals surface area contributed by atoms with Gasteiger partial charge in [-0.25, -0.2) is 4.68 Å². The highest BCUT2D eigenvalue weighted by Gasteiger charge is 2.27. The smallest absolute Gasteiger partial charge is 0.259 e. The van der Waals surface area contributed by atoms with Crippen LogP contribution in [0.1, 0.15) is 51.5 Å². The summed E-state index contributed by atoms with van der Waals surface area (Å²) in [6.07, 6.45) is 3.72. The number of hydrogen-bond donors (Lipinski definition) is 2. The van der Waals surface area contributed by atoms with E-state index >= 15 is 0 Å². The zero-order valence-electron chi connectivity index (χ0n) is 17.7. The topological polar surface area (TPSA) is 59.0 Å². The van der Waals surface area contributed by atoms with Crippen molar-refractivity contribution in [1.29, 1.82) is 0 Å².